The highest BCUT2D eigenvalue weighted by molar-refractivity contribution is 7.30. The molecule has 0 radical (unpaired) electrons. The number of carbonyl (C=O) groups excluding carboxylic acids is 1. The van der Waals surface area contributed by atoms with Crippen LogP contribution in [0.15, 0.2) is 12.1 Å². The number of benzene rings is 1. The van der Waals surface area contributed by atoms with Gasteiger partial charge in [0.25, 0.3) is 0 Å². The van der Waals surface area contributed by atoms with Crippen LogP contribution in [0, 0.1) is 13.8 Å². The van der Waals surface area contributed by atoms with Crippen molar-refractivity contribution in [2.75, 3.05) is 0 Å². The van der Waals surface area contributed by atoms with E-state index < -0.39 is 20.3 Å². The first kappa shape index (κ1) is 17.8. The Kier molecular flexibility index (Phi) is 5.62. The Morgan fingerprint density at radius 2 is 1.86 bits per heavy atom. The minimum atomic E-state index is -3.09. The second kappa shape index (κ2) is 6.65. The summed E-state index contributed by atoms with van der Waals surface area (Å²) < 4.78 is 20.4. The zero-order valence-corrected chi connectivity index (χ0v) is 14.1. The average Bonchev–Trinajstić information content (AvgIpc) is 2.29. The zero-order valence-electron chi connectivity index (χ0n) is 13.2. The van der Waals surface area contributed by atoms with Gasteiger partial charge in [-0.25, -0.2) is 4.79 Å². The van der Waals surface area contributed by atoms with Crippen LogP contribution in [0.2, 0.25) is 0 Å². The highest BCUT2D eigenvalue weighted by Gasteiger charge is 2.27. The molecule has 0 saturated heterocycles. The van der Waals surface area contributed by atoms with Crippen molar-refractivity contribution >= 4 is 14.2 Å². The maximum atomic E-state index is 11.9. The van der Waals surface area contributed by atoms with Crippen molar-refractivity contribution in [2.45, 2.75) is 53.1 Å². The Morgan fingerprint density at radius 3 is 2.33 bits per heavy atom. The van der Waals surface area contributed by atoms with Gasteiger partial charge in [0, 0.05) is 5.56 Å². The Hall–Kier alpha value is -1.29. The lowest BCUT2D eigenvalue weighted by Gasteiger charge is -2.24. The summed E-state index contributed by atoms with van der Waals surface area (Å²) in [6, 6.07) is 3.88. The van der Waals surface area contributed by atoms with Crippen molar-refractivity contribution in [3.63, 3.8) is 0 Å². The minimum Gasteiger partial charge on any atom is -0.566 e. The van der Waals surface area contributed by atoms with Crippen LogP contribution in [0.4, 0.5) is 0 Å². The fraction of sp³-hybridized carbons (Fsp3) is 0.533. The Labute approximate surface area is 126 Å². The van der Waals surface area contributed by atoms with Gasteiger partial charge in [-0.15, -0.1) is 4.52 Å². The van der Waals surface area contributed by atoms with Gasteiger partial charge in [-0.3, -0.25) is 0 Å². The van der Waals surface area contributed by atoms with Crippen molar-refractivity contribution in [1.82, 2.24) is 0 Å². The van der Waals surface area contributed by atoms with Gasteiger partial charge in [-0.1, -0.05) is 38.5 Å². The van der Waals surface area contributed by atoms with E-state index in [9.17, 15) is 14.3 Å². The van der Waals surface area contributed by atoms with Crippen molar-refractivity contribution < 1.29 is 23.5 Å². The molecule has 0 aliphatic heterocycles. The Balaban J connectivity index is 3.13. The third kappa shape index (κ3) is 4.88. The van der Waals surface area contributed by atoms with Gasteiger partial charge in [0.05, 0.1) is 0 Å². The van der Waals surface area contributed by atoms with Gasteiger partial charge >= 0.3 is 14.2 Å². The summed E-state index contributed by atoms with van der Waals surface area (Å²) in [5.41, 5.74) is 2.59. The van der Waals surface area contributed by atoms with E-state index in [1.807, 2.05) is 46.8 Å². The van der Waals surface area contributed by atoms with Gasteiger partial charge in [-0.2, -0.15) is 0 Å². The summed E-state index contributed by atoms with van der Waals surface area (Å²) in [6.45, 7) is 11.2. The van der Waals surface area contributed by atoms with Crippen LogP contribution in [0.5, 0.6) is 5.75 Å². The molecule has 6 heteroatoms. The van der Waals surface area contributed by atoms with Gasteiger partial charge < -0.3 is 9.63 Å². The number of hydrogen-bond acceptors (Lipinski definition) is 5. The van der Waals surface area contributed by atoms with Crippen molar-refractivity contribution in [1.29, 1.82) is 0 Å². The predicted octanol–water partition coefficient (Wildman–Crippen LogP) is 2.93. The third-order valence-corrected chi connectivity index (χ3v) is 3.49. The number of rotatable bonds is 4. The average molecular weight is 312 g/mol. The lowest BCUT2D eigenvalue weighted by atomic mass is 9.84. The van der Waals surface area contributed by atoms with Gasteiger partial charge in [0.15, 0.2) is 0 Å². The molecule has 21 heavy (non-hydrogen) atoms. The van der Waals surface area contributed by atoms with Crippen LogP contribution < -0.4 is 9.63 Å². The molecule has 0 amide bonds. The summed E-state index contributed by atoms with van der Waals surface area (Å²) in [6.07, 6.45) is -1.17. The lowest BCUT2D eigenvalue weighted by Crippen LogP contribution is -2.26. The molecule has 0 saturated carbocycles. The summed E-state index contributed by atoms with van der Waals surface area (Å²) >= 11 is 0. The van der Waals surface area contributed by atoms with Crippen molar-refractivity contribution in [2.24, 2.45) is 0 Å². The quantitative estimate of drug-likeness (QED) is 0.485. The topological polar surface area (TPSA) is 75.7 Å². The summed E-state index contributed by atoms with van der Waals surface area (Å²) in [5.74, 6) is -0.263. The molecule has 2 unspecified atom stereocenters. The SMILES string of the molecule is Cc1cc(C)c(OC(=O)C(C)O[P+](=O)[O-])c(C(C)(C)C)c1. The smallest absolute Gasteiger partial charge is 0.489 e. The standard InChI is InChI=1S/C15H21O5P/c1-9-7-10(2)13(12(8-9)15(4,5)6)19-14(16)11(3)20-21(17)18/h7-8,11H,1-6H3. The van der Waals surface area contributed by atoms with Gasteiger partial charge in [0.2, 0.25) is 6.10 Å². The normalized spacial score (nSPS) is 13.8. The first-order valence-corrected chi connectivity index (χ1v) is 7.76. The molecule has 0 N–H and O–H groups in total. The summed E-state index contributed by atoms with van der Waals surface area (Å²) in [4.78, 5) is 22.5. The summed E-state index contributed by atoms with van der Waals surface area (Å²) in [7, 11) is -3.09. The molecule has 1 rings (SSSR count). The van der Waals surface area contributed by atoms with Crippen molar-refractivity contribution in [3.05, 3.63) is 28.8 Å². The molecule has 2 atom stereocenters. The second-order valence-electron chi connectivity index (χ2n) is 6.10. The molecule has 0 aliphatic rings. The van der Waals surface area contributed by atoms with Gasteiger partial charge in [0.1, 0.15) is 5.75 Å². The highest BCUT2D eigenvalue weighted by atomic mass is 31.1. The number of aryl methyl sites for hydroxylation is 2. The van der Waals surface area contributed by atoms with E-state index in [-0.39, 0.29) is 5.41 Å². The molecule has 0 heterocycles. The molecule has 0 aromatic heterocycles. The fourth-order valence-corrected chi connectivity index (χ4v) is 2.35. The van der Waals surface area contributed by atoms with E-state index >= 15 is 0 Å². The van der Waals surface area contributed by atoms with Gasteiger partial charge in [-0.05, 0) is 36.3 Å². The first-order chi connectivity index (χ1) is 9.52. The molecule has 5 nitrogen and oxygen atoms in total. The Morgan fingerprint density at radius 1 is 1.29 bits per heavy atom. The first-order valence-electron chi connectivity index (χ1n) is 6.67. The third-order valence-electron chi connectivity index (χ3n) is 3.01. The monoisotopic (exact) mass is 312 g/mol. The maximum absolute atomic E-state index is 11.9. The van der Waals surface area contributed by atoms with Crippen LogP contribution in [-0.4, -0.2) is 12.1 Å². The molecule has 0 bridgehead atoms. The van der Waals surface area contributed by atoms with E-state index in [2.05, 4.69) is 4.52 Å². The van der Waals surface area contributed by atoms with E-state index in [0.717, 1.165) is 16.7 Å². The number of ether oxygens (including phenoxy) is 1. The second-order valence-corrected chi connectivity index (χ2v) is 6.76. The largest absolute Gasteiger partial charge is 0.566 e. The van der Waals surface area contributed by atoms with Crippen LogP contribution >= 0.6 is 8.25 Å². The number of carbonyl (C=O) groups is 1. The van der Waals surface area contributed by atoms with Crippen LogP contribution in [0.3, 0.4) is 0 Å². The number of hydrogen-bond donors (Lipinski definition) is 0. The molecule has 1 aromatic carbocycles. The zero-order chi connectivity index (χ0) is 16.4. The van der Waals surface area contributed by atoms with Crippen LogP contribution in [0.1, 0.15) is 44.4 Å². The van der Waals surface area contributed by atoms with E-state index in [0.29, 0.717) is 5.75 Å². The maximum Gasteiger partial charge on any atom is 0.489 e. The van der Waals surface area contributed by atoms with E-state index in [1.54, 1.807) is 0 Å². The summed E-state index contributed by atoms with van der Waals surface area (Å²) in [5, 5.41) is 0. The van der Waals surface area contributed by atoms with Crippen molar-refractivity contribution in [3.8, 4) is 5.75 Å². The highest BCUT2D eigenvalue weighted by Crippen LogP contribution is 2.35. The van der Waals surface area contributed by atoms with Crippen LogP contribution in [0.25, 0.3) is 0 Å². The molecule has 0 spiro atoms. The fourth-order valence-electron chi connectivity index (χ4n) is 2.00. The molecule has 0 fully saturated rings. The van der Waals surface area contributed by atoms with E-state index in [1.165, 1.54) is 6.92 Å². The Bertz CT molecular complexity index is 560. The number of esters is 1. The van der Waals surface area contributed by atoms with Crippen LogP contribution in [-0.2, 0) is 19.3 Å². The molecular formula is C15H21O5P. The van der Waals surface area contributed by atoms with E-state index in [4.69, 9.17) is 4.74 Å². The molecular weight excluding hydrogens is 291 g/mol. The predicted molar refractivity (Wildman–Crippen MR) is 78.4 cm³/mol. The molecule has 116 valence electrons. The molecule has 0 aliphatic carbocycles. The molecule has 1 aromatic rings. The lowest BCUT2D eigenvalue weighted by molar-refractivity contribution is -0.191. The minimum absolute atomic E-state index is 0.208.